The lowest BCUT2D eigenvalue weighted by Gasteiger charge is -2.17. The molecule has 1 aliphatic rings. The van der Waals surface area contributed by atoms with Crippen LogP contribution in [0.15, 0.2) is 24.3 Å². The van der Waals surface area contributed by atoms with Crippen molar-refractivity contribution in [3.05, 3.63) is 35.5 Å². The Balaban J connectivity index is 1.87. The van der Waals surface area contributed by atoms with Gasteiger partial charge >= 0.3 is 0 Å². The van der Waals surface area contributed by atoms with Crippen LogP contribution in [0.5, 0.6) is 0 Å². The number of para-hydroxylation sites is 1. The normalized spacial score (nSPS) is 16.4. The van der Waals surface area contributed by atoms with Gasteiger partial charge in [-0.1, -0.05) is 32.0 Å². The van der Waals surface area contributed by atoms with Crippen LogP contribution in [0.1, 0.15) is 44.4 Å². The molecule has 1 fully saturated rings. The number of hydrogen-bond acceptors (Lipinski definition) is 1. The maximum Gasteiger partial charge on any atom is 0.230 e. The Labute approximate surface area is 126 Å². The van der Waals surface area contributed by atoms with E-state index in [0.29, 0.717) is 5.92 Å². The SMILES string of the molecule is Cc1[nH]c2ccccc2c1C1(C(=O)NCCC(C)C)CC1. The molecule has 2 N–H and O–H groups in total. The van der Waals surface area contributed by atoms with E-state index in [1.165, 1.54) is 10.9 Å². The maximum atomic E-state index is 12.7. The Morgan fingerprint density at radius 2 is 2.05 bits per heavy atom. The number of fused-ring (bicyclic) bond motifs is 1. The van der Waals surface area contributed by atoms with E-state index < -0.39 is 0 Å². The molecule has 112 valence electrons. The second-order valence-corrected chi connectivity index (χ2v) is 6.69. The predicted octanol–water partition coefficient (Wildman–Crippen LogP) is 3.67. The van der Waals surface area contributed by atoms with Gasteiger partial charge in [-0.2, -0.15) is 0 Å². The first-order valence-corrected chi connectivity index (χ1v) is 7.91. The molecule has 0 unspecified atom stereocenters. The lowest BCUT2D eigenvalue weighted by Crippen LogP contribution is -2.36. The van der Waals surface area contributed by atoms with Crippen LogP contribution in [0.25, 0.3) is 10.9 Å². The van der Waals surface area contributed by atoms with Gasteiger partial charge in [-0.15, -0.1) is 0 Å². The number of aromatic nitrogens is 1. The second-order valence-electron chi connectivity index (χ2n) is 6.69. The number of aromatic amines is 1. The van der Waals surface area contributed by atoms with Gasteiger partial charge in [-0.3, -0.25) is 4.79 Å². The zero-order chi connectivity index (χ0) is 15.0. The quantitative estimate of drug-likeness (QED) is 0.864. The fourth-order valence-corrected chi connectivity index (χ4v) is 3.25. The van der Waals surface area contributed by atoms with Crippen LogP contribution in [0.4, 0.5) is 0 Å². The first kappa shape index (κ1) is 14.2. The van der Waals surface area contributed by atoms with Crippen LogP contribution >= 0.6 is 0 Å². The molecule has 1 aromatic heterocycles. The molecule has 3 nitrogen and oxygen atoms in total. The number of aryl methyl sites for hydroxylation is 1. The fraction of sp³-hybridized carbons (Fsp3) is 0.500. The summed E-state index contributed by atoms with van der Waals surface area (Å²) in [5.74, 6) is 0.825. The summed E-state index contributed by atoms with van der Waals surface area (Å²) >= 11 is 0. The van der Waals surface area contributed by atoms with Gasteiger partial charge in [-0.05, 0) is 43.7 Å². The van der Waals surface area contributed by atoms with Crippen LogP contribution in [0, 0.1) is 12.8 Å². The van der Waals surface area contributed by atoms with E-state index in [1.807, 2.05) is 12.1 Å². The minimum Gasteiger partial charge on any atom is -0.358 e. The van der Waals surface area contributed by atoms with E-state index >= 15 is 0 Å². The Bertz CT molecular complexity index is 665. The minimum absolute atomic E-state index is 0.205. The number of benzene rings is 1. The molecule has 0 bridgehead atoms. The van der Waals surface area contributed by atoms with E-state index in [2.05, 4.69) is 43.2 Å². The molecular formula is C18H24N2O. The lowest BCUT2D eigenvalue weighted by molar-refractivity contribution is -0.123. The summed E-state index contributed by atoms with van der Waals surface area (Å²) in [7, 11) is 0. The zero-order valence-corrected chi connectivity index (χ0v) is 13.1. The van der Waals surface area contributed by atoms with Crippen LogP contribution in [-0.4, -0.2) is 17.4 Å². The Kier molecular flexibility index (Phi) is 3.52. The van der Waals surface area contributed by atoms with Crippen molar-refractivity contribution < 1.29 is 4.79 Å². The highest BCUT2D eigenvalue weighted by molar-refractivity contribution is 5.98. The highest BCUT2D eigenvalue weighted by Crippen LogP contribution is 2.51. The summed E-state index contributed by atoms with van der Waals surface area (Å²) in [6.07, 6.45) is 2.96. The highest BCUT2D eigenvalue weighted by atomic mass is 16.2. The maximum absolute atomic E-state index is 12.7. The highest BCUT2D eigenvalue weighted by Gasteiger charge is 2.53. The van der Waals surface area contributed by atoms with E-state index in [4.69, 9.17) is 0 Å². The Hall–Kier alpha value is -1.77. The molecule has 0 aliphatic heterocycles. The van der Waals surface area contributed by atoms with Crippen molar-refractivity contribution in [2.75, 3.05) is 6.54 Å². The summed E-state index contributed by atoms with van der Waals surface area (Å²) in [6.45, 7) is 7.22. The number of rotatable bonds is 5. The smallest absolute Gasteiger partial charge is 0.230 e. The van der Waals surface area contributed by atoms with Crippen molar-refractivity contribution in [2.45, 2.75) is 45.4 Å². The van der Waals surface area contributed by atoms with Gasteiger partial charge in [-0.25, -0.2) is 0 Å². The summed E-state index contributed by atoms with van der Waals surface area (Å²) < 4.78 is 0. The molecule has 0 saturated heterocycles. The summed E-state index contributed by atoms with van der Waals surface area (Å²) in [4.78, 5) is 16.1. The van der Waals surface area contributed by atoms with Gasteiger partial charge in [0.25, 0.3) is 0 Å². The number of carbonyl (C=O) groups is 1. The second kappa shape index (κ2) is 5.21. The molecule has 1 aromatic carbocycles. The van der Waals surface area contributed by atoms with Gasteiger partial charge in [0.05, 0.1) is 5.41 Å². The van der Waals surface area contributed by atoms with Crippen LogP contribution < -0.4 is 5.32 Å². The van der Waals surface area contributed by atoms with Gasteiger partial charge in [0.15, 0.2) is 0 Å². The number of H-pyrrole nitrogens is 1. The first-order valence-electron chi connectivity index (χ1n) is 7.91. The average Bonchev–Trinajstić information content (AvgIpc) is 3.15. The third kappa shape index (κ3) is 2.45. The van der Waals surface area contributed by atoms with E-state index in [1.54, 1.807) is 0 Å². The predicted molar refractivity (Wildman–Crippen MR) is 86.4 cm³/mol. The number of amides is 1. The van der Waals surface area contributed by atoms with Crippen molar-refractivity contribution in [1.82, 2.24) is 10.3 Å². The Morgan fingerprint density at radius 3 is 2.71 bits per heavy atom. The minimum atomic E-state index is -0.291. The fourth-order valence-electron chi connectivity index (χ4n) is 3.25. The third-order valence-corrected chi connectivity index (χ3v) is 4.56. The molecule has 0 spiro atoms. The standard InChI is InChI=1S/C18H24N2O/c1-12(2)8-11-19-17(21)18(9-10-18)16-13(3)20-15-7-5-4-6-14(15)16/h4-7,12,20H,8-11H2,1-3H3,(H,19,21). The van der Waals surface area contributed by atoms with Crippen molar-refractivity contribution in [1.29, 1.82) is 0 Å². The largest absolute Gasteiger partial charge is 0.358 e. The zero-order valence-electron chi connectivity index (χ0n) is 13.1. The summed E-state index contributed by atoms with van der Waals surface area (Å²) in [5, 5.41) is 4.34. The molecular weight excluding hydrogens is 260 g/mol. The molecule has 1 aliphatic carbocycles. The number of carbonyl (C=O) groups excluding carboxylic acids is 1. The summed E-state index contributed by atoms with van der Waals surface area (Å²) in [5.41, 5.74) is 3.18. The van der Waals surface area contributed by atoms with E-state index in [0.717, 1.165) is 37.0 Å². The van der Waals surface area contributed by atoms with Gasteiger partial charge in [0.1, 0.15) is 0 Å². The van der Waals surface area contributed by atoms with Crippen molar-refractivity contribution in [2.24, 2.45) is 5.92 Å². The van der Waals surface area contributed by atoms with Gasteiger partial charge < -0.3 is 10.3 Å². The van der Waals surface area contributed by atoms with E-state index in [9.17, 15) is 4.79 Å². The first-order chi connectivity index (χ1) is 10.0. The van der Waals surface area contributed by atoms with Crippen LogP contribution in [0.3, 0.4) is 0 Å². The topological polar surface area (TPSA) is 44.9 Å². The molecule has 2 aromatic rings. The van der Waals surface area contributed by atoms with E-state index in [-0.39, 0.29) is 11.3 Å². The molecule has 21 heavy (non-hydrogen) atoms. The molecule has 0 radical (unpaired) electrons. The summed E-state index contributed by atoms with van der Waals surface area (Å²) in [6, 6.07) is 8.28. The van der Waals surface area contributed by atoms with Gasteiger partial charge in [0.2, 0.25) is 5.91 Å². The lowest BCUT2D eigenvalue weighted by atomic mass is 9.92. The third-order valence-electron chi connectivity index (χ3n) is 4.56. The molecule has 1 amide bonds. The van der Waals surface area contributed by atoms with Crippen molar-refractivity contribution in [3.8, 4) is 0 Å². The molecule has 3 rings (SSSR count). The molecule has 1 saturated carbocycles. The Morgan fingerprint density at radius 1 is 1.33 bits per heavy atom. The number of nitrogens with one attached hydrogen (secondary N) is 2. The number of hydrogen-bond donors (Lipinski definition) is 2. The molecule has 3 heteroatoms. The molecule has 1 heterocycles. The molecule has 0 atom stereocenters. The van der Waals surface area contributed by atoms with Crippen molar-refractivity contribution >= 4 is 16.8 Å². The van der Waals surface area contributed by atoms with Crippen LogP contribution in [-0.2, 0) is 10.2 Å². The van der Waals surface area contributed by atoms with Gasteiger partial charge in [0, 0.05) is 23.1 Å². The van der Waals surface area contributed by atoms with Crippen molar-refractivity contribution in [3.63, 3.8) is 0 Å². The van der Waals surface area contributed by atoms with Crippen LogP contribution in [0.2, 0.25) is 0 Å². The monoisotopic (exact) mass is 284 g/mol. The average molecular weight is 284 g/mol.